The van der Waals surface area contributed by atoms with E-state index in [1.54, 1.807) is 13.2 Å². The van der Waals surface area contributed by atoms with Crippen LogP contribution in [0, 0.1) is 0 Å². The van der Waals surface area contributed by atoms with Crippen molar-refractivity contribution in [3.8, 4) is 0 Å². The monoisotopic (exact) mass is 270 g/mol. The fraction of sp³-hybridized carbons (Fsp3) is 0.400. The van der Waals surface area contributed by atoms with Gasteiger partial charge in [-0.2, -0.15) is 8.42 Å². The molecule has 0 aliphatic carbocycles. The van der Waals surface area contributed by atoms with Crippen LogP contribution in [0.25, 0.3) is 0 Å². The molecular formula is C10H14N4O3S. The van der Waals surface area contributed by atoms with Crippen molar-refractivity contribution in [2.75, 3.05) is 19.0 Å². The zero-order valence-electron chi connectivity index (χ0n) is 10.0. The lowest BCUT2D eigenvalue weighted by atomic mass is 10.3. The molecule has 2 heterocycles. The van der Waals surface area contributed by atoms with Crippen molar-refractivity contribution in [3.63, 3.8) is 0 Å². The maximum absolute atomic E-state index is 11.9. The zero-order valence-corrected chi connectivity index (χ0v) is 10.9. The SMILES string of the molecule is COCC(C)NC1=NS(=O)(=O)c2cnccc2N1. The summed E-state index contributed by atoms with van der Waals surface area (Å²) < 4.78 is 32.4. The molecule has 0 amide bonds. The Bertz CT molecular complexity index is 570. The van der Waals surface area contributed by atoms with Crippen molar-refractivity contribution in [1.82, 2.24) is 10.3 Å². The number of pyridine rings is 1. The first-order valence-electron chi connectivity index (χ1n) is 5.34. The molecule has 0 saturated heterocycles. The maximum Gasteiger partial charge on any atom is 0.289 e. The van der Waals surface area contributed by atoms with Gasteiger partial charge in [-0.15, -0.1) is 4.40 Å². The molecule has 0 saturated carbocycles. The first kappa shape index (κ1) is 12.8. The standard InChI is InChI=1S/C10H14N4O3S/c1-7(6-17-2)12-10-13-8-3-4-11-5-9(8)18(15,16)14-10/h3-5,7H,6H2,1-2H3,(H2,12,13,14). The average molecular weight is 270 g/mol. The molecule has 98 valence electrons. The van der Waals surface area contributed by atoms with Crippen LogP contribution < -0.4 is 10.6 Å². The van der Waals surface area contributed by atoms with Gasteiger partial charge in [0.1, 0.15) is 4.90 Å². The van der Waals surface area contributed by atoms with Crippen LogP contribution in [0.1, 0.15) is 6.92 Å². The van der Waals surface area contributed by atoms with Gasteiger partial charge in [0.05, 0.1) is 12.3 Å². The van der Waals surface area contributed by atoms with Crippen LogP contribution in [0.3, 0.4) is 0 Å². The van der Waals surface area contributed by atoms with Crippen molar-refractivity contribution in [2.45, 2.75) is 17.9 Å². The number of nitrogens with one attached hydrogen (secondary N) is 2. The summed E-state index contributed by atoms with van der Waals surface area (Å²) in [6.07, 6.45) is 2.79. The number of hydrogen-bond donors (Lipinski definition) is 2. The summed E-state index contributed by atoms with van der Waals surface area (Å²) in [5.41, 5.74) is 0.465. The number of nitrogens with zero attached hydrogens (tertiary/aromatic N) is 2. The molecular weight excluding hydrogens is 256 g/mol. The Labute approximate surface area is 105 Å². The summed E-state index contributed by atoms with van der Waals surface area (Å²) >= 11 is 0. The molecule has 0 aromatic carbocycles. The lowest BCUT2D eigenvalue weighted by Gasteiger charge is -2.21. The minimum atomic E-state index is -3.69. The predicted octanol–water partition coefficient (Wildman–Crippen LogP) is 0.176. The van der Waals surface area contributed by atoms with E-state index in [1.165, 1.54) is 12.4 Å². The largest absolute Gasteiger partial charge is 0.383 e. The first-order valence-corrected chi connectivity index (χ1v) is 6.78. The summed E-state index contributed by atoms with van der Waals surface area (Å²) in [5.74, 6) is 0.193. The fourth-order valence-corrected chi connectivity index (χ4v) is 2.62. The van der Waals surface area contributed by atoms with E-state index >= 15 is 0 Å². The molecule has 1 aliphatic heterocycles. The average Bonchev–Trinajstić information content (AvgIpc) is 2.28. The van der Waals surface area contributed by atoms with Crippen LogP contribution in [0.15, 0.2) is 27.8 Å². The quantitative estimate of drug-likeness (QED) is 0.813. The Morgan fingerprint density at radius 3 is 3.06 bits per heavy atom. The third kappa shape index (κ3) is 2.59. The summed E-state index contributed by atoms with van der Waals surface area (Å²) in [6.45, 7) is 2.31. The molecule has 8 heteroatoms. The van der Waals surface area contributed by atoms with Gasteiger partial charge < -0.3 is 15.4 Å². The van der Waals surface area contributed by atoms with E-state index in [4.69, 9.17) is 4.74 Å². The molecule has 0 spiro atoms. The van der Waals surface area contributed by atoms with Crippen molar-refractivity contribution >= 4 is 21.7 Å². The molecule has 2 N–H and O–H groups in total. The molecule has 7 nitrogen and oxygen atoms in total. The number of rotatable bonds is 3. The Morgan fingerprint density at radius 2 is 2.33 bits per heavy atom. The number of anilines is 1. The normalized spacial score (nSPS) is 18.2. The van der Waals surface area contributed by atoms with Crippen LogP contribution in [-0.2, 0) is 14.8 Å². The van der Waals surface area contributed by atoms with Crippen molar-refractivity contribution in [2.24, 2.45) is 4.40 Å². The topological polar surface area (TPSA) is 92.7 Å². The summed E-state index contributed by atoms with van der Waals surface area (Å²) in [4.78, 5) is 3.86. The lowest BCUT2D eigenvalue weighted by Crippen LogP contribution is -2.41. The van der Waals surface area contributed by atoms with Gasteiger partial charge in [-0.1, -0.05) is 0 Å². The molecule has 1 aliphatic rings. The number of sulfonamides is 1. The molecule has 1 unspecified atom stereocenters. The van der Waals surface area contributed by atoms with E-state index in [0.29, 0.717) is 12.3 Å². The highest BCUT2D eigenvalue weighted by Crippen LogP contribution is 2.24. The molecule has 1 atom stereocenters. The molecule has 0 fully saturated rings. The van der Waals surface area contributed by atoms with Gasteiger partial charge in [-0.3, -0.25) is 4.98 Å². The number of guanidine groups is 1. The van der Waals surface area contributed by atoms with Crippen LogP contribution in [0.5, 0.6) is 0 Å². The number of methoxy groups -OCH3 is 1. The van der Waals surface area contributed by atoms with Crippen LogP contribution >= 0.6 is 0 Å². The van der Waals surface area contributed by atoms with Gasteiger partial charge in [0.2, 0.25) is 5.96 Å². The third-order valence-corrected chi connectivity index (χ3v) is 3.63. The summed E-state index contributed by atoms with van der Waals surface area (Å²) in [7, 11) is -2.12. The second-order valence-corrected chi connectivity index (χ2v) is 5.49. The minimum absolute atomic E-state index is 0.0557. The Hall–Kier alpha value is -1.67. The van der Waals surface area contributed by atoms with Crippen LogP contribution in [-0.4, -0.2) is 39.1 Å². The number of fused-ring (bicyclic) bond motifs is 1. The number of ether oxygens (including phenoxy) is 1. The molecule has 1 aromatic rings. The summed E-state index contributed by atoms with van der Waals surface area (Å²) in [6, 6.07) is 1.53. The first-order chi connectivity index (χ1) is 8.53. The second-order valence-electron chi connectivity index (χ2n) is 3.91. The molecule has 1 aromatic heterocycles. The van der Waals surface area contributed by atoms with Crippen LogP contribution in [0.2, 0.25) is 0 Å². The van der Waals surface area contributed by atoms with Gasteiger partial charge in [0.15, 0.2) is 0 Å². The van der Waals surface area contributed by atoms with Gasteiger partial charge in [-0.05, 0) is 13.0 Å². The molecule has 2 rings (SSSR count). The van der Waals surface area contributed by atoms with E-state index in [-0.39, 0.29) is 16.9 Å². The predicted molar refractivity (Wildman–Crippen MR) is 67.0 cm³/mol. The molecule has 0 bridgehead atoms. The highest BCUT2D eigenvalue weighted by Gasteiger charge is 2.25. The number of hydrogen-bond acceptors (Lipinski definition) is 6. The van der Waals surface area contributed by atoms with Gasteiger partial charge in [-0.25, -0.2) is 0 Å². The highest BCUT2D eigenvalue weighted by molar-refractivity contribution is 7.90. The molecule has 18 heavy (non-hydrogen) atoms. The Kier molecular flexibility index (Phi) is 3.48. The Balaban J connectivity index is 2.26. The minimum Gasteiger partial charge on any atom is -0.383 e. The van der Waals surface area contributed by atoms with E-state index in [0.717, 1.165) is 0 Å². The van der Waals surface area contributed by atoms with Crippen molar-refractivity contribution in [1.29, 1.82) is 0 Å². The Morgan fingerprint density at radius 1 is 1.56 bits per heavy atom. The number of aromatic nitrogens is 1. The highest BCUT2D eigenvalue weighted by atomic mass is 32.2. The third-order valence-electron chi connectivity index (χ3n) is 2.33. The van der Waals surface area contributed by atoms with E-state index in [1.807, 2.05) is 6.92 Å². The van der Waals surface area contributed by atoms with E-state index < -0.39 is 10.0 Å². The van der Waals surface area contributed by atoms with Gasteiger partial charge in [0, 0.05) is 25.5 Å². The van der Waals surface area contributed by atoms with E-state index in [2.05, 4.69) is 20.0 Å². The van der Waals surface area contributed by atoms with Gasteiger partial charge >= 0.3 is 0 Å². The fourth-order valence-electron chi connectivity index (χ4n) is 1.60. The van der Waals surface area contributed by atoms with Gasteiger partial charge in [0.25, 0.3) is 10.0 Å². The van der Waals surface area contributed by atoms with E-state index in [9.17, 15) is 8.42 Å². The maximum atomic E-state index is 11.9. The smallest absolute Gasteiger partial charge is 0.289 e. The second kappa shape index (κ2) is 4.91. The summed E-state index contributed by atoms with van der Waals surface area (Å²) in [5, 5.41) is 5.84. The lowest BCUT2D eigenvalue weighted by molar-refractivity contribution is 0.179. The molecule has 0 radical (unpaired) electrons. The van der Waals surface area contributed by atoms with Crippen molar-refractivity contribution < 1.29 is 13.2 Å². The zero-order chi connectivity index (χ0) is 13.2. The van der Waals surface area contributed by atoms with Crippen LogP contribution in [0.4, 0.5) is 5.69 Å². The van der Waals surface area contributed by atoms with Crippen molar-refractivity contribution in [3.05, 3.63) is 18.5 Å².